The lowest BCUT2D eigenvalue weighted by Crippen LogP contribution is -2.47. The molecule has 3 nitrogen and oxygen atoms in total. The van der Waals surface area contributed by atoms with Gasteiger partial charge in [-0.2, -0.15) is 0 Å². The van der Waals surface area contributed by atoms with Crippen LogP contribution in [-0.2, 0) is 4.74 Å². The second-order valence-corrected chi connectivity index (χ2v) is 4.36. The van der Waals surface area contributed by atoms with E-state index in [1.165, 1.54) is 6.07 Å². The summed E-state index contributed by atoms with van der Waals surface area (Å²) in [5, 5.41) is 0. The number of rotatable bonds is 1. The van der Waals surface area contributed by atoms with Crippen molar-refractivity contribution < 1.29 is 13.9 Å². The summed E-state index contributed by atoms with van der Waals surface area (Å²) >= 11 is 0. The Bertz CT molecular complexity index is 433. The summed E-state index contributed by atoms with van der Waals surface area (Å²) in [6, 6.07) is 4.90. The Balaban J connectivity index is 2.27. The third-order valence-corrected chi connectivity index (χ3v) is 3.05. The zero-order valence-electron chi connectivity index (χ0n) is 10.1. The Morgan fingerprint density at radius 1 is 1.53 bits per heavy atom. The third kappa shape index (κ3) is 2.31. The fourth-order valence-corrected chi connectivity index (χ4v) is 2.00. The highest BCUT2D eigenvalue weighted by molar-refractivity contribution is 5.95. The van der Waals surface area contributed by atoms with Gasteiger partial charge in [0.1, 0.15) is 5.82 Å². The third-order valence-electron chi connectivity index (χ3n) is 3.05. The summed E-state index contributed by atoms with van der Waals surface area (Å²) in [7, 11) is 0. The van der Waals surface area contributed by atoms with Crippen LogP contribution >= 0.6 is 0 Å². The van der Waals surface area contributed by atoms with Crippen molar-refractivity contribution in [2.45, 2.75) is 19.9 Å². The van der Waals surface area contributed by atoms with Gasteiger partial charge in [0.25, 0.3) is 5.91 Å². The van der Waals surface area contributed by atoms with E-state index in [2.05, 4.69) is 0 Å². The standard InChI is InChI=1S/C13H16FNO2/c1-9-4-3-5-11(12(9)14)13(16)15-6-7-17-8-10(15)2/h3-5,10H,6-8H2,1-2H3. The predicted molar refractivity (Wildman–Crippen MR) is 62.5 cm³/mol. The lowest BCUT2D eigenvalue weighted by Gasteiger charge is -2.33. The molecule has 1 unspecified atom stereocenters. The summed E-state index contributed by atoms with van der Waals surface area (Å²) in [4.78, 5) is 13.9. The van der Waals surface area contributed by atoms with Gasteiger partial charge in [-0.1, -0.05) is 12.1 Å². The van der Waals surface area contributed by atoms with Crippen LogP contribution in [0.4, 0.5) is 4.39 Å². The number of hydrogen-bond acceptors (Lipinski definition) is 2. The lowest BCUT2D eigenvalue weighted by atomic mass is 10.1. The SMILES string of the molecule is Cc1cccc(C(=O)N2CCOCC2C)c1F. The molecule has 0 aromatic heterocycles. The molecule has 1 aliphatic heterocycles. The number of carbonyl (C=O) groups is 1. The Hall–Kier alpha value is -1.42. The van der Waals surface area contributed by atoms with E-state index in [4.69, 9.17) is 4.74 Å². The lowest BCUT2D eigenvalue weighted by molar-refractivity contribution is 0.00334. The van der Waals surface area contributed by atoms with Gasteiger partial charge in [0, 0.05) is 6.54 Å². The van der Waals surface area contributed by atoms with Gasteiger partial charge >= 0.3 is 0 Å². The molecule has 0 spiro atoms. The van der Waals surface area contributed by atoms with Crippen LogP contribution in [0.3, 0.4) is 0 Å². The molecular formula is C13H16FNO2. The topological polar surface area (TPSA) is 29.5 Å². The van der Waals surface area contributed by atoms with Gasteiger partial charge in [0.05, 0.1) is 24.8 Å². The van der Waals surface area contributed by atoms with Crippen LogP contribution in [0, 0.1) is 12.7 Å². The molecular weight excluding hydrogens is 221 g/mol. The number of aryl methyl sites for hydroxylation is 1. The fourth-order valence-electron chi connectivity index (χ4n) is 2.00. The highest BCUT2D eigenvalue weighted by Crippen LogP contribution is 2.17. The summed E-state index contributed by atoms with van der Waals surface area (Å²) in [5.74, 6) is -0.668. The summed E-state index contributed by atoms with van der Waals surface area (Å²) in [5.41, 5.74) is 0.649. The first-order valence-electron chi connectivity index (χ1n) is 5.75. The van der Waals surface area contributed by atoms with Crippen molar-refractivity contribution in [3.05, 3.63) is 35.1 Å². The normalized spacial score (nSPS) is 20.4. The number of benzene rings is 1. The van der Waals surface area contributed by atoms with Crippen LogP contribution in [0.1, 0.15) is 22.8 Å². The molecule has 17 heavy (non-hydrogen) atoms. The van der Waals surface area contributed by atoms with E-state index in [1.54, 1.807) is 24.0 Å². The molecule has 1 amide bonds. The molecule has 0 N–H and O–H groups in total. The van der Waals surface area contributed by atoms with Gasteiger partial charge in [0.15, 0.2) is 0 Å². The van der Waals surface area contributed by atoms with Crippen molar-refractivity contribution in [3.63, 3.8) is 0 Å². The van der Waals surface area contributed by atoms with Crippen molar-refractivity contribution in [2.24, 2.45) is 0 Å². The summed E-state index contributed by atoms with van der Waals surface area (Å²) < 4.78 is 19.1. The second kappa shape index (κ2) is 4.84. The van der Waals surface area contributed by atoms with Crippen LogP contribution in [0.15, 0.2) is 18.2 Å². The maximum atomic E-state index is 13.9. The van der Waals surface area contributed by atoms with Crippen molar-refractivity contribution >= 4 is 5.91 Å². The zero-order chi connectivity index (χ0) is 12.4. The maximum Gasteiger partial charge on any atom is 0.257 e. The number of hydrogen-bond donors (Lipinski definition) is 0. The van der Waals surface area contributed by atoms with Gasteiger partial charge in [-0.05, 0) is 25.5 Å². The molecule has 1 aliphatic rings. The monoisotopic (exact) mass is 237 g/mol. The zero-order valence-corrected chi connectivity index (χ0v) is 10.1. The van der Waals surface area contributed by atoms with Gasteiger partial charge < -0.3 is 9.64 Å². The maximum absolute atomic E-state index is 13.9. The van der Waals surface area contributed by atoms with Crippen LogP contribution in [0.2, 0.25) is 0 Å². The smallest absolute Gasteiger partial charge is 0.257 e. The number of nitrogens with zero attached hydrogens (tertiary/aromatic N) is 1. The molecule has 0 radical (unpaired) electrons. The summed E-state index contributed by atoms with van der Waals surface area (Å²) in [6.45, 7) is 5.12. The Kier molecular flexibility index (Phi) is 3.43. The van der Waals surface area contributed by atoms with Gasteiger partial charge in [0.2, 0.25) is 0 Å². The number of ether oxygens (including phenoxy) is 1. The molecule has 1 heterocycles. The molecule has 1 aromatic rings. The van der Waals surface area contributed by atoms with Crippen LogP contribution in [0.5, 0.6) is 0 Å². The molecule has 1 atom stereocenters. The van der Waals surface area contributed by atoms with Crippen molar-refractivity contribution in [1.82, 2.24) is 4.90 Å². The van der Waals surface area contributed by atoms with Crippen LogP contribution in [0.25, 0.3) is 0 Å². The predicted octanol–water partition coefficient (Wildman–Crippen LogP) is 2.00. The minimum absolute atomic E-state index is 0.00355. The van der Waals surface area contributed by atoms with Crippen molar-refractivity contribution in [2.75, 3.05) is 19.8 Å². The van der Waals surface area contributed by atoms with Crippen molar-refractivity contribution in [3.8, 4) is 0 Å². The Morgan fingerprint density at radius 2 is 2.29 bits per heavy atom. The quantitative estimate of drug-likeness (QED) is 0.747. The Morgan fingerprint density at radius 3 is 3.00 bits per heavy atom. The first-order valence-corrected chi connectivity index (χ1v) is 5.75. The van der Waals surface area contributed by atoms with E-state index in [9.17, 15) is 9.18 Å². The average molecular weight is 237 g/mol. The minimum Gasteiger partial charge on any atom is -0.377 e. The van der Waals surface area contributed by atoms with E-state index in [0.29, 0.717) is 25.3 Å². The highest BCUT2D eigenvalue weighted by Gasteiger charge is 2.26. The van der Waals surface area contributed by atoms with E-state index >= 15 is 0 Å². The fraction of sp³-hybridized carbons (Fsp3) is 0.462. The number of halogens is 1. The van der Waals surface area contributed by atoms with Crippen LogP contribution < -0.4 is 0 Å². The first-order chi connectivity index (χ1) is 8.11. The number of amides is 1. The molecule has 1 aromatic carbocycles. The molecule has 1 saturated heterocycles. The number of carbonyl (C=O) groups excluding carboxylic acids is 1. The first kappa shape index (κ1) is 12.0. The van der Waals surface area contributed by atoms with Crippen LogP contribution in [-0.4, -0.2) is 36.6 Å². The molecule has 0 saturated carbocycles. The largest absolute Gasteiger partial charge is 0.377 e. The summed E-state index contributed by atoms with van der Waals surface area (Å²) in [6.07, 6.45) is 0. The molecule has 0 aliphatic carbocycles. The van der Waals surface area contributed by atoms with Crippen molar-refractivity contribution in [1.29, 1.82) is 0 Å². The van der Waals surface area contributed by atoms with E-state index in [1.807, 2.05) is 6.92 Å². The van der Waals surface area contributed by atoms with Gasteiger partial charge in [-0.15, -0.1) is 0 Å². The minimum atomic E-state index is -0.420. The molecule has 4 heteroatoms. The molecule has 0 bridgehead atoms. The Labute approximate surface area is 100 Å². The number of morpholine rings is 1. The second-order valence-electron chi connectivity index (χ2n) is 4.36. The van der Waals surface area contributed by atoms with Gasteiger partial charge in [-0.3, -0.25) is 4.79 Å². The van der Waals surface area contributed by atoms with E-state index in [0.717, 1.165) is 0 Å². The highest BCUT2D eigenvalue weighted by atomic mass is 19.1. The molecule has 2 rings (SSSR count). The van der Waals surface area contributed by atoms with E-state index in [-0.39, 0.29) is 17.5 Å². The molecule has 1 fully saturated rings. The van der Waals surface area contributed by atoms with E-state index < -0.39 is 5.82 Å². The van der Waals surface area contributed by atoms with Gasteiger partial charge in [-0.25, -0.2) is 4.39 Å². The average Bonchev–Trinajstić information content (AvgIpc) is 2.32. The molecule has 92 valence electrons.